The molecule has 1 amide bonds. The zero-order chi connectivity index (χ0) is 7.98. The highest BCUT2D eigenvalue weighted by Gasteiger charge is 1.90. The van der Waals surface area contributed by atoms with Crippen molar-refractivity contribution in [2.24, 2.45) is 0 Å². The summed E-state index contributed by atoms with van der Waals surface area (Å²) in [4.78, 5) is 10.5. The molecule has 0 aromatic heterocycles. The van der Waals surface area contributed by atoms with Gasteiger partial charge in [-0.05, 0) is 12.2 Å². The Bertz CT molecular complexity index is 180. The lowest BCUT2D eigenvalue weighted by Crippen LogP contribution is -2.17. The molecule has 0 atom stereocenters. The average Bonchev–Trinajstić information content (AvgIpc) is 1.86. The second-order valence-corrected chi connectivity index (χ2v) is 1.74. The molecule has 0 aromatic carbocycles. The first kappa shape index (κ1) is 8.69. The van der Waals surface area contributed by atoms with Crippen molar-refractivity contribution in [3.05, 3.63) is 37.1 Å². The molecule has 54 valence electrons. The molecule has 0 bridgehead atoms. The van der Waals surface area contributed by atoms with Crippen LogP contribution in [-0.4, -0.2) is 5.91 Å². The maximum atomic E-state index is 10.5. The highest BCUT2D eigenvalue weighted by molar-refractivity contribution is 5.75. The molecule has 0 aliphatic carbocycles. The van der Waals surface area contributed by atoms with Crippen LogP contribution in [-0.2, 0) is 4.79 Å². The summed E-state index contributed by atoms with van der Waals surface area (Å²) in [6, 6.07) is 0. The molecule has 0 rings (SSSR count). The average molecular weight is 137 g/mol. The molecular weight excluding hydrogens is 126 g/mol. The predicted octanol–water partition coefficient (Wildman–Crippen LogP) is 1.38. The molecule has 2 heteroatoms. The second kappa shape index (κ2) is 4.56. The molecular formula is C8H11NO. The van der Waals surface area contributed by atoms with Crippen molar-refractivity contribution < 1.29 is 4.79 Å². The summed E-state index contributed by atoms with van der Waals surface area (Å²) in [5, 5.41) is 2.56. The largest absolute Gasteiger partial charge is 0.326 e. The smallest absolute Gasteiger partial charge is 0.221 e. The fourth-order valence-electron chi connectivity index (χ4n) is 0.491. The zero-order valence-corrected chi connectivity index (χ0v) is 6.05. The molecule has 10 heavy (non-hydrogen) atoms. The molecule has 0 saturated carbocycles. The Labute approximate surface area is 60.9 Å². The van der Waals surface area contributed by atoms with Crippen molar-refractivity contribution in [3.8, 4) is 0 Å². The van der Waals surface area contributed by atoms with Crippen molar-refractivity contribution in [1.82, 2.24) is 5.32 Å². The van der Waals surface area contributed by atoms with Gasteiger partial charge >= 0.3 is 0 Å². The Kier molecular flexibility index (Phi) is 3.96. The Morgan fingerprint density at radius 2 is 2.10 bits per heavy atom. The van der Waals surface area contributed by atoms with Crippen molar-refractivity contribution in [2.45, 2.75) is 6.92 Å². The highest BCUT2D eigenvalue weighted by Crippen LogP contribution is 1.89. The van der Waals surface area contributed by atoms with E-state index in [9.17, 15) is 4.79 Å². The number of hydrogen-bond acceptors (Lipinski definition) is 1. The summed E-state index contributed by atoms with van der Waals surface area (Å²) in [6.07, 6.45) is 4.82. The summed E-state index contributed by atoms with van der Waals surface area (Å²) in [6.45, 7) is 8.43. The number of allylic oxidation sites excluding steroid dienone is 3. The van der Waals surface area contributed by atoms with Crippen LogP contribution in [0.4, 0.5) is 0 Å². The van der Waals surface area contributed by atoms with Crippen LogP contribution >= 0.6 is 0 Å². The van der Waals surface area contributed by atoms with Crippen LogP contribution < -0.4 is 5.32 Å². The van der Waals surface area contributed by atoms with Gasteiger partial charge in [-0.3, -0.25) is 4.79 Å². The molecule has 0 radical (unpaired) electrons. The van der Waals surface area contributed by atoms with E-state index in [1.807, 2.05) is 0 Å². The lowest BCUT2D eigenvalue weighted by molar-refractivity contribution is -0.118. The minimum Gasteiger partial charge on any atom is -0.326 e. The number of carbonyl (C=O) groups excluding carboxylic acids is 1. The third kappa shape index (κ3) is 3.66. The molecule has 0 fully saturated rings. The first-order chi connectivity index (χ1) is 4.70. The number of nitrogens with one attached hydrogen (secondary N) is 1. The Morgan fingerprint density at radius 3 is 2.40 bits per heavy atom. The van der Waals surface area contributed by atoms with Crippen LogP contribution in [0, 0.1) is 0 Å². The molecule has 0 unspecified atom stereocenters. The minimum absolute atomic E-state index is 0.104. The number of carbonyl (C=O) groups is 1. The lowest BCUT2D eigenvalue weighted by Gasteiger charge is -1.98. The number of amides is 1. The fourth-order valence-corrected chi connectivity index (χ4v) is 0.491. The maximum Gasteiger partial charge on any atom is 0.221 e. The number of hydrogen-bond donors (Lipinski definition) is 1. The fraction of sp³-hybridized carbons (Fsp3) is 0.125. The van der Waals surface area contributed by atoms with Crippen LogP contribution in [0.1, 0.15) is 6.92 Å². The Morgan fingerprint density at radius 1 is 1.50 bits per heavy atom. The van der Waals surface area contributed by atoms with Crippen LogP contribution in [0.25, 0.3) is 0 Å². The number of rotatable bonds is 3. The van der Waals surface area contributed by atoms with Gasteiger partial charge in [0.2, 0.25) is 5.91 Å². The van der Waals surface area contributed by atoms with E-state index in [2.05, 4.69) is 18.5 Å². The Hall–Kier alpha value is -1.31. The van der Waals surface area contributed by atoms with Gasteiger partial charge in [0.1, 0.15) is 0 Å². The van der Waals surface area contributed by atoms with E-state index in [1.54, 1.807) is 18.2 Å². The van der Waals surface area contributed by atoms with Gasteiger partial charge in [-0.15, -0.1) is 0 Å². The molecule has 0 spiro atoms. The van der Waals surface area contributed by atoms with Crippen LogP contribution in [0.2, 0.25) is 0 Å². The van der Waals surface area contributed by atoms with Gasteiger partial charge in [0, 0.05) is 12.6 Å². The first-order valence-corrected chi connectivity index (χ1v) is 2.93. The van der Waals surface area contributed by atoms with Gasteiger partial charge in [-0.2, -0.15) is 0 Å². The monoisotopic (exact) mass is 137 g/mol. The van der Waals surface area contributed by atoms with E-state index in [1.165, 1.54) is 6.92 Å². The first-order valence-electron chi connectivity index (χ1n) is 2.93. The van der Waals surface area contributed by atoms with Gasteiger partial charge in [0.15, 0.2) is 0 Å². The summed E-state index contributed by atoms with van der Waals surface area (Å²) < 4.78 is 0. The molecule has 0 heterocycles. The summed E-state index contributed by atoms with van der Waals surface area (Å²) in [5.41, 5.74) is 0.669. The van der Waals surface area contributed by atoms with Gasteiger partial charge in [0.25, 0.3) is 0 Å². The normalized spacial score (nSPS) is 10.3. The second-order valence-electron chi connectivity index (χ2n) is 1.74. The van der Waals surface area contributed by atoms with Crippen molar-refractivity contribution in [3.63, 3.8) is 0 Å². The molecule has 0 aliphatic rings. The maximum absolute atomic E-state index is 10.5. The van der Waals surface area contributed by atoms with Gasteiger partial charge in [-0.25, -0.2) is 0 Å². The van der Waals surface area contributed by atoms with E-state index in [0.29, 0.717) is 5.70 Å². The molecule has 2 nitrogen and oxygen atoms in total. The van der Waals surface area contributed by atoms with Crippen molar-refractivity contribution in [2.75, 3.05) is 0 Å². The third-order valence-electron chi connectivity index (χ3n) is 0.838. The van der Waals surface area contributed by atoms with E-state index in [4.69, 9.17) is 0 Å². The molecule has 1 N–H and O–H groups in total. The van der Waals surface area contributed by atoms with Crippen LogP contribution in [0.5, 0.6) is 0 Å². The zero-order valence-electron chi connectivity index (χ0n) is 6.05. The topological polar surface area (TPSA) is 29.1 Å². The standard InChI is InChI=1S/C8H11NO/c1-4-6-8(5-2)9-7(3)10/h4-6H,1-2H2,3H3,(H,9,10)/b8-6+. The van der Waals surface area contributed by atoms with Crippen molar-refractivity contribution >= 4 is 5.91 Å². The van der Waals surface area contributed by atoms with Crippen LogP contribution in [0.15, 0.2) is 37.1 Å². The summed E-state index contributed by atoms with van der Waals surface area (Å²) >= 11 is 0. The minimum atomic E-state index is -0.104. The van der Waals surface area contributed by atoms with Crippen LogP contribution in [0.3, 0.4) is 0 Å². The van der Waals surface area contributed by atoms with Crippen molar-refractivity contribution in [1.29, 1.82) is 0 Å². The van der Waals surface area contributed by atoms with E-state index >= 15 is 0 Å². The molecule has 0 aromatic rings. The third-order valence-corrected chi connectivity index (χ3v) is 0.838. The van der Waals surface area contributed by atoms with Gasteiger partial charge < -0.3 is 5.32 Å². The van der Waals surface area contributed by atoms with E-state index in [0.717, 1.165) is 0 Å². The quantitative estimate of drug-likeness (QED) is 0.585. The summed E-state index contributed by atoms with van der Waals surface area (Å²) in [7, 11) is 0. The molecule has 0 aliphatic heterocycles. The molecule has 0 saturated heterocycles. The lowest BCUT2D eigenvalue weighted by atomic mass is 10.4. The van der Waals surface area contributed by atoms with Gasteiger partial charge in [0.05, 0.1) is 0 Å². The Balaban J connectivity index is 4.08. The highest BCUT2D eigenvalue weighted by atomic mass is 16.1. The predicted molar refractivity (Wildman–Crippen MR) is 42.3 cm³/mol. The van der Waals surface area contributed by atoms with Gasteiger partial charge in [-0.1, -0.05) is 19.2 Å². The van der Waals surface area contributed by atoms with E-state index < -0.39 is 0 Å². The summed E-state index contributed by atoms with van der Waals surface area (Å²) in [5.74, 6) is -0.104. The van der Waals surface area contributed by atoms with E-state index in [-0.39, 0.29) is 5.91 Å². The SMILES string of the molecule is C=C/C=C(\C=C)NC(C)=O.